The van der Waals surface area contributed by atoms with Crippen LogP contribution >= 0.6 is 0 Å². The molecule has 2 fully saturated rings. The average molecular weight is 354 g/mol. The van der Waals surface area contributed by atoms with E-state index in [0.29, 0.717) is 24.3 Å². The Kier molecular flexibility index (Phi) is 4.42. The van der Waals surface area contributed by atoms with Crippen molar-refractivity contribution in [2.45, 2.75) is 43.9 Å². The zero-order valence-electron chi connectivity index (χ0n) is 13.8. The van der Waals surface area contributed by atoms with E-state index < -0.39 is 21.3 Å². The van der Waals surface area contributed by atoms with Gasteiger partial charge in [-0.05, 0) is 49.8 Å². The number of rotatable bonds is 5. The summed E-state index contributed by atoms with van der Waals surface area (Å²) in [6.07, 6.45) is 3.88. The third-order valence-electron chi connectivity index (χ3n) is 5.35. The Labute approximate surface area is 142 Å². The van der Waals surface area contributed by atoms with Crippen molar-refractivity contribution < 1.29 is 17.6 Å². The van der Waals surface area contributed by atoms with E-state index in [1.54, 1.807) is 6.92 Å². The highest BCUT2D eigenvalue weighted by atomic mass is 32.2. The molecule has 1 aromatic rings. The SMILES string of the molecule is Cc1ccc(F)cc1S(=O)(=O)N1CCC(CC2CC2)(C(N)=O)CC1. The Balaban J connectivity index is 1.80. The standard InChI is InChI=1S/C17H23FN2O3S/c1-12-2-5-14(18)10-15(12)24(22,23)20-8-6-17(7-9-20,16(19)21)11-13-3-4-13/h2,5,10,13H,3-4,6-9,11H2,1H3,(H2,19,21). The van der Waals surface area contributed by atoms with Crippen molar-refractivity contribution in [1.82, 2.24) is 4.31 Å². The minimum absolute atomic E-state index is 0.00346. The zero-order chi connectivity index (χ0) is 17.5. The van der Waals surface area contributed by atoms with Gasteiger partial charge in [0, 0.05) is 13.1 Å². The number of carbonyl (C=O) groups excluding carboxylic acids is 1. The summed E-state index contributed by atoms with van der Waals surface area (Å²) < 4.78 is 40.5. The first-order valence-corrected chi connectivity index (χ1v) is 9.75. The summed E-state index contributed by atoms with van der Waals surface area (Å²) in [5, 5.41) is 0. The number of carbonyl (C=O) groups is 1. The highest BCUT2D eigenvalue weighted by Crippen LogP contribution is 2.46. The van der Waals surface area contributed by atoms with E-state index in [9.17, 15) is 17.6 Å². The Hall–Kier alpha value is -1.47. The lowest BCUT2D eigenvalue weighted by Crippen LogP contribution is -2.49. The molecule has 0 spiro atoms. The van der Waals surface area contributed by atoms with E-state index in [0.717, 1.165) is 25.3 Å². The normalized spacial score (nSPS) is 21.6. The van der Waals surface area contributed by atoms with Gasteiger partial charge in [0.25, 0.3) is 0 Å². The Morgan fingerprint density at radius 2 is 1.96 bits per heavy atom. The first-order chi connectivity index (χ1) is 11.2. The first-order valence-electron chi connectivity index (χ1n) is 8.31. The van der Waals surface area contributed by atoms with Gasteiger partial charge in [-0.15, -0.1) is 0 Å². The lowest BCUT2D eigenvalue weighted by molar-refractivity contribution is -0.130. The molecule has 1 saturated carbocycles. The molecule has 1 saturated heterocycles. The number of benzene rings is 1. The Morgan fingerprint density at radius 1 is 1.33 bits per heavy atom. The summed E-state index contributed by atoms with van der Waals surface area (Å²) in [6.45, 7) is 2.14. The molecule has 0 unspecified atom stereocenters. The van der Waals surface area contributed by atoms with Crippen molar-refractivity contribution in [3.63, 3.8) is 0 Å². The van der Waals surface area contributed by atoms with Crippen LogP contribution in [0.1, 0.15) is 37.7 Å². The van der Waals surface area contributed by atoms with Crippen molar-refractivity contribution in [3.05, 3.63) is 29.6 Å². The van der Waals surface area contributed by atoms with Crippen LogP contribution in [0.25, 0.3) is 0 Å². The predicted octanol–water partition coefficient (Wildman–Crippen LogP) is 2.19. The first kappa shape index (κ1) is 17.4. The Bertz CT molecular complexity index is 751. The van der Waals surface area contributed by atoms with Crippen molar-refractivity contribution in [2.24, 2.45) is 17.1 Å². The molecule has 1 aromatic carbocycles. The topological polar surface area (TPSA) is 80.5 Å². The average Bonchev–Trinajstić information content (AvgIpc) is 3.33. The van der Waals surface area contributed by atoms with E-state index in [1.807, 2.05) is 0 Å². The summed E-state index contributed by atoms with van der Waals surface area (Å²) >= 11 is 0. The molecule has 2 aliphatic rings. The largest absolute Gasteiger partial charge is 0.369 e. The summed E-state index contributed by atoms with van der Waals surface area (Å²) in [5.41, 5.74) is 5.55. The summed E-state index contributed by atoms with van der Waals surface area (Å²) in [7, 11) is -3.76. The molecule has 0 atom stereocenters. The molecule has 7 heteroatoms. The molecular formula is C17H23FN2O3S. The minimum Gasteiger partial charge on any atom is -0.369 e. The molecule has 1 aliphatic carbocycles. The van der Waals surface area contributed by atoms with Gasteiger partial charge in [-0.1, -0.05) is 18.9 Å². The number of nitrogens with zero attached hydrogens (tertiary/aromatic N) is 1. The van der Waals surface area contributed by atoms with Crippen LogP contribution in [0.2, 0.25) is 0 Å². The van der Waals surface area contributed by atoms with Gasteiger partial charge in [0.2, 0.25) is 15.9 Å². The number of aryl methyl sites for hydroxylation is 1. The lowest BCUT2D eigenvalue weighted by Gasteiger charge is -2.39. The predicted molar refractivity (Wildman–Crippen MR) is 88.1 cm³/mol. The maximum atomic E-state index is 13.5. The van der Waals surface area contributed by atoms with Gasteiger partial charge >= 0.3 is 0 Å². The monoisotopic (exact) mass is 354 g/mol. The van der Waals surface area contributed by atoms with E-state index in [1.165, 1.54) is 16.4 Å². The van der Waals surface area contributed by atoms with Crippen molar-refractivity contribution in [1.29, 1.82) is 0 Å². The number of halogens is 1. The third kappa shape index (κ3) is 3.19. The van der Waals surface area contributed by atoms with Gasteiger partial charge in [0.15, 0.2) is 0 Å². The molecule has 0 aromatic heterocycles. The van der Waals surface area contributed by atoms with E-state index in [2.05, 4.69) is 0 Å². The summed E-state index contributed by atoms with van der Waals surface area (Å²) in [4.78, 5) is 12.0. The van der Waals surface area contributed by atoms with Crippen molar-refractivity contribution in [3.8, 4) is 0 Å². The molecule has 1 heterocycles. The number of primary amides is 1. The zero-order valence-corrected chi connectivity index (χ0v) is 14.6. The molecule has 0 bridgehead atoms. The fourth-order valence-corrected chi connectivity index (χ4v) is 5.25. The van der Waals surface area contributed by atoms with Gasteiger partial charge in [-0.2, -0.15) is 4.31 Å². The molecule has 3 rings (SSSR count). The quantitative estimate of drug-likeness (QED) is 0.880. The fourth-order valence-electron chi connectivity index (χ4n) is 3.57. The smallest absolute Gasteiger partial charge is 0.243 e. The van der Waals surface area contributed by atoms with Crippen LogP contribution in [0.5, 0.6) is 0 Å². The van der Waals surface area contributed by atoms with Gasteiger partial charge in [-0.25, -0.2) is 12.8 Å². The molecule has 24 heavy (non-hydrogen) atoms. The highest BCUT2D eigenvalue weighted by Gasteiger charge is 2.45. The maximum absolute atomic E-state index is 13.5. The highest BCUT2D eigenvalue weighted by molar-refractivity contribution is 7.89. The number of piperidine rings is 1. The van der Waals surface area contributed by atoms with E-state index in [4.69, 9.17) is 5.73 Å². The number of nitrogens with two attached hydrogens (primary N) is 1. The summed E-state index contributed by atoms with van der Waals surface area (Å²) in [5.74, 6) is -0.351. The summed E-state index contributed by atoms with van der Waals surface area (Å²) in [6, 6.07) is 3.77. The van der Waals surface area contributed by atoms with E-state index in [-0.39, 0.29) is 23.9 Å². The number of sulfonamides is 1. The van der Waals surface area contributed by atoms with Crippen LogP contribution in [0.3, 0.4) is 0 Å². The van der Waals surface area contributed by atoms with Gasteiger partial charge in [0.05, 0.1) is 10.3 Å². The molecular weight excluding hydrogens is 331 g/mol. The van der Waals surface area contributed by atoms with Crippen molar-refractivity contribution >= 4 is 15.9 Å². The second kappa shape index (κ2) is 6.11. The molecule has 2 N–H and O–H groups in total. The molecule has 5 nitrogen and oxygen atoms in total. The van der Waals surface area contributed by atoms with Crippen LogP contribution in [0.4, 0.5) is 4.39 Å². The van der Waals surface area contributed by atoms with Gasteiger partial charge < -0.3 is 5.73 Å². The van der Waals surface area contributed by atoms with Gasteiger partial charge in [-0.3, -0.25) is 4.79 Å². The third-order valence-corrected chi connectivity index (χ3v) is 7.39. The Morgan fingerprint density at radius 3 is 2.50 bits per heavy atom. The number of hydrogen-bond donors (Lipinski definition) is 1. The molecule has 0 radical (unpaired) electrons. The van der Waals surface area contributed by atoms with Crippen LogP contribution < -0.4 is 5.73 Å². The number of amides is 1. The number of hydrogen-bond acceptors (Lipinski definition) is 3. The lowest BCUT2D eigenvalue weighted by atomic mass is 9.74. The van der Waals surface area contributed by atoms with E-state index >= 15 is 0 Å². The van der Waals surface area contributed by atoms with Crippen LogP contribution in [-0.4, -0.2) is 31.7 Å². The fraction of sp³-hybridized carbons (Fsp3) is 0.588. The van der Waals surface area contributed by atoms with Crippen LogP contribution in [-0.2, 0) is 14.8 Å². The van der Waals surface area contributed by atoms with Gasteiger partial charge in [0.1, 0.15) is 5.82 Å². The molecule has 132 valence electrons. The van der Waals surface area contributed by atoms with Crippen molar-refractivity contribution in [2.75, 3.05) is 13.1 Å². The maximum Gasteiger partial charge on any atom is 0.243 e. The second-order valence-corrected chi connectivity index (χ2v) is 9.01. The molecule has 1 aliphatic heterocycles. The molecule has 1 amide bonds. The second-order valence-electron chi connectivity index (χ2n) is 7.11. The minimum atomic E-state index is -3.76. The van der Waals surface area contributed by atoms with Crippen LogP contribution in [0, 0.1) is 24.1 Å². The van der Waals surface area contributed by atoms with Crippen LogP contribution in [0.15, 0.2) is 23.1 Å².